The van der Waals surface area contributed by atoms with Gasteiger partial charge in [0.25, 0.3) is 0 Å². The van der Waals surface area contributed by atoms with Crippen molar-refractivity contribution < 1.29 is 4.42 Å². The number of hydrogen-bond acceptors (Lipinski definition) is 2. The summed E-state index contributed by atoms with van der Waals surface area (Å²) in [6, 6.07) is 83.5. The second-order valence-corrected chi connectivity index (χ2v) is 16.5. The van der Waals surface area contributed by atoms with Crippen LogP contribution in [0.5, 0.6) is 0 Å². The number of nitrogens with zero attached hydrogens (tertiary/aromatic N) is 2. The molecule has 0 N–H and O–H groups in total. The first-order valence-corrected chi connectivity index (χ1v) is 21.6. The second kappa shape index (κ2) is 14.1. The topological polar surface area (TPSA) is 21.3 Å². The van der Waals surface area contributed by atoms with E-state index in [1.807, 2.05) is 12.1 Å². The molecule has 0 atom stereocenters. The van der Waals surface area contributed by atoms with E-state index in [0.717, 1.165) is 50.3 Å². The largest absolute Gasteiger partial charge is 0.456 e. The van der Waals surface area contributed by atoms with Crippen molar-refractivity contribution in [2.45, 2.75) is 0 Å². The predicted molar refractivity (Wildman–Crippen MR) is 266 cm³/mol. The van der Waals surface area contributed by atoms with Crippen LogP contribution < -0.4 is 4.90 Å². The van der Waals surface area contributed by atoms with Crippen molar-refractivity contribution in [3.8, 4) is 27.9 Å². The van der Waals surface area contributed by atoms with Gasteiger partial charge in [0.1, 0.15) is 11.2 Å². The molecule has 0 aliphatic heterocycles. The number of fused-ring (bicyclic) bond motifs is 11. The zero-order chi connectivity index (χ0) is 41.4. The van der Waals surface area contributed by atoms with E-state index in [-0.39, 0.29) is 0 Å². The zero-order valence-corrected chi connectivity index (χ0v) is 34.2. The highest BCUT2D eigenvalue weighted by molar-refractivity contribution is 6.19. The molecule has 0 radical (unpaired) electrons. The zero-order valence-electron chi connectivity index (χ0n) is 34.2. The number of rotatable bonds is 6. The molecule has 0 saturated heterocycles. The van der Waals surface area contributed by atoms with Crippen molar-refractivity contribution in [1.82, 2.24) is 4.57 Å². The Morgan fingerprint density at radius 1 is 0.302 bits per heavy atom. The van der Waals surface area contributed by atoms with Crippen molar-refractivity contribution in [2.75, 3.05) is 4.90 Å². The molecule has 294 valence electrons. The molecule has 0 aliphatic rings. The van der Waals surface area contributed by atoms with Crippen molar-refractivity contribution >= 4 is 93.1 Å². The lowest BCUT2D eigenvalue weighted by Crippen LogP contribution is -2.09. The lowest BCUT2D eigenvalue weighted by atomic mass is 9.97. The molecule has 0 unspecified atom stereocenters. The van der Waals surface area contributed by atoms with Crippen LogP contribution in [-0.2, 0) is 0 Å². The average molecular weight is 803 g/mol. The van der Waals surface area contributed by atoms with Gasteiger partial charge in [-0.15, -0.1) is 0 Å². The van der Waals surface area contributed by atoms with Crippen LogP contribution in [0.1, 0.15) is 0 Å². The summed E-state index contributed by atoms with van der Waals surface area (Å²) >= 11 is 0. The van der Waals surface area contributed by atoms with Crippen LogP contribution in [0.4, 0.5) is 17.1 Å². The molecule has 63 heavy (non-hydrogen) atoms. The number of anilines is 3. The third kappa shape index (κ3) is 5.75. The minimum Gasteiger partial charge on any atom is -0.456 e. The van der Waals surface area contributed by atoms with Crippen LogP contribution in [0, 0.1) is 0 Å². The maximum atomic E-state index is 6.42. The van der Waals surface area contributed by atoms with Gasteiger partial charge in [-0.2, -0.15) is 0 Å². The first kappa shape index (κ1) is 35.4. The summed E-state index contributed by atoms with van der Waals surface area (Å²) in [7, 11) is 0. The SMILES string of the molecule is c1ccc(-n2c3cc(-c4ccc(N(c5ccc(-c6ccc7c(ccc8ccccc87)c6)cc5)c5ccc6c(c5)oc5ccccc56)cc4)ccc3c3ccc4ccccc4c32)cc1. The first-order valence-electron chi connectivity index (χ1n) is 21.6. The van der Waals surface area contributed by atoms with Crippen molar-refractivity contribution in [1.29, 1.82) is 0 Å². The van der Waals surface area contributed by atoms with E-state index < -0.39 is 0 Å². The Morgan fingerprint density at radius 3 is 1.57 bits per heavy atom. The van der Waals surface area contributed by atoms with Gasteiger partial charge in [-0.05, 0) is 116 Å². The van der Waals surface area contributed by atoms with Gasteiger partial charge < -0.3 is 13.9 Å². The number of para-hydroxylation sites is 2. The van der Waals surface area contributed by atoms with Crippen molar-refractivity contribution in [2.24, 2.45) is 0 Å². The molecule has 2 heterocycles. The van der Waals surface area contributed by atoms with Gasteiger partial charge in [-0.3, -0.25) is 0 Å². The summed E-state index contributed by atoms with van der Waals surface area (Å²) in [5.74, 6) is 0. The Balaban J connectivity index is 0.915. The van der Waals surface area contributed by atoms with Crippen LogP contribution in [0.3, 0.4) is 0 Å². The maximum Gasteiger partial charge on any atom is 0.137 e. The second-order valence-electron chi connectivity index (χ2n) is 16.5. The summed E-state index contributed by atoms with van der Waals surface area (Å²) < 4.78 is 8.86. The smallest absolute Gasteiger partial charge is 0.137 e. The Bertz CT molecular complexity index is 3900. The predicted octanol–water partition coefficient (Wildman–Crippen LogP) is 16.9. The van der Waals surface area contributed by atoms with E-state index in [0.29, 0.717) is 0 Å². The molecule has 3 nitrogen and oxygen atoms in total. The fourth-order valence-electron chi connectivity index (χ4n) is 9.90. The molecule has 0 saturated carbocycles. The van der Waals surface area contributed by atoms with Gasteiger partial charge in [0.15, 0.2) is 0 Å². The molecule has 0 aliphatic carbocycles. The normalized spacial score (nSPS) is 11.8. The van der Waals surface area contributed by atoms with Crippen LogP contribution in [0.2, 0.25) is 0 Å². The number of benzene rings is 11. The van der Waals surface area contributed by atoms with Gasteiger partial charge in [0, 0.05) is 55.7 Å². The Hall–Kier alpha value is -8.40. The van der Waals surface area contributed by atoms with E-state index >= 15 is 0 Å². The minimum atomic E-state index is 0.866. The molecule has 13 aromatic rings. The molecule has 0 fully saturated rings. The number of furan rings is 1. The molecule has 0 spiro atoms. The third-order valence-corrected chi connectivity index (χ3v) is 13.0. The molecule has 11 aromatic carbocycles. The molecule has 13 rings (SSSR count). The van der Waals surface area contributed by atoms with E-state index in [1.54, 1.807) is 0 Å². The van der Waals surface area contributed by atoms with Crippen LogP contribution in [-0.4, -0.2) is 4.57 Å². The minimum absolute atomic E-state index is 0.866. The van der Waals surface area contributed by atoms with E-state index in [1.165, 1.54) is 70.8 Å². The quantitative estimate of drug-likeness (QED) is 0.156. The summed E-state index contributed by atoms with van der Waals surface area (Å²) in [6.07, 6.45) is 0. The molecule has 0 bridgehead atoms. The lowest BCUT2D eigenvalue weighted by Gasteiger charge is -2.26. The Kier molecular flexibility index (Phi) is 7.91. The Morgan fingerprint density at radius 2 is 0.810 bits per heavy atom. The fraction of sp³-hybridized carbons (Fsp3) is 0. The fourth-order valence-corrected chi connectivity index (χ4v) is 9.90. The molecular weight excluding hydrogens is 765 g/mol. The summed E-state index contributed by atoms with van der Waals surface area (Å²) in [5.41, 5.74) is 13.2. The number of hydrogen-bond donors (Lipinski definition) is 0. The molecule has 2 aromatic heterocycles. The monoisotopic (exact) mass is 802 g/mol. The first-order chi connectivity index (χ1) is 31.2. The lowest BCUT2D eigenvalue weighted by molar-refractivity contribution is 0.669. The van der Waals surface area contributed by atoms with Crippen molar-refractivity contribution in [3.05, 3.63) is 231 Å². The third-order valence-electron chi connectivity index (χ3n) is 13.0. The molecule has 0 amide bonds. The maximum absolute atomic E-state index is 6.42. The van der Waals surface area contributed by atoms with Gasteiger partial charge >= 0.3 is 0 Å². The molecular formula is C60H38N2O. The van der Waals surface area contributed by atoms with E-state index in [2.05, 4.69) is 228 Å². The molecule has 3 heteroatoms. The van der Waals surface area contributed by atoms with Crippen LogP contribution in [0.15, 0.2) is 235 Å². The summed E-state index contributed by atoms with van der Waals surface area (Å²) in [5, 5.41) is 12.3. The number of aromatic nitrogens is 1. The highest BCUT2D eigenvalue weighted by Crippen LogP contribution is 2.42. The summed E-state index contributed by atoms with van der Waals surface area (Å²) in [6.45, 7) is 0. The van der Waals surface area contributed by atoms with Gasteiger partial charge in [-0.1, -0.05) is 158 Å². The van der Waals surface area contributed by atoms with Gasteiger partial charge in [0.2, 0.25) is 0 Å². The Labute approximate surface area is 363 Å². The van der Waals surface area contributed by atoms with Crippen LogP contribution in [0.25, 0.3) is 104 Å². The highest BCUT2D eigenvalue weighted by Gasteiger charge is 2.19. The van der Waals surface area contributed by atoms with Crippen molar-refractivity contribution in [3.63, 3.8) is 0 Å². The summed E-state index contributed by atoms with van der Waals surface area (Å²) in [4.78, 5) is 2.33. The standard InChI is InChI=1S/C60H38N2O/c1-2-12-46(13-3-1)62-57-37-44(26-33-53(57)56-34-24-42-11-5-7-15-52(42)60(56)62)40-22-29-48(30-23-40)61(49-31-35-55-54-16-8-9-17-58(54)63-59(55)38-49)47-27-20-39(21-28-47)43-25-32-51-45(36-43)19-18-41-10-4-6-14-50(41)51/h1-38H. The van der Waals surface area contributed by atoms with Gasteiger partial charge in [-0.25, -0.2) is 0 Å². The van der Waals surface area contributed by atoms with E-state index in [9.17, 15) is 0 Å². The highest BCUT2D eigenvalue weighted by atomic mass is 16.3. The average Bonchev–Trinajstić information content (AvgIpc) is 3.90. The van der Waals surface area contributed by atoms with E-state index in [4.69, 9.17) is 4.42 Å². The van der Waals surface area contributed by atoms with Gasteiger partial charge in [0.05, 0.1) is 11.0 Å². The van der Waals surface area contributed by atoms with Crippen LogP contribution >= 0.6 is 0 Å².